The monoisotopic (exact) mass is 281 g/mol. The second kappa shape index (κ2) is 3.75. The van der Waals surface area contributed by atoms with Crippen LogP contribution in [0, 0.1) is 6.92 Å². The van der Waals surface area contributed by atoms with E-state index in [0.717, 1.165) is 16.1 Å². The standard InChI is InChI=1S/C11H8BrNO3/c1-5-2-8-6(3-7(5)12)10(14)4-9(13-8)11(15)16/h2-4H,1H3,(H,13,14)(H,15,16). The minimum Gasteiger partial charge on any atom is -0.477 e. The molecule has 16 heavy (non-hydrogen) atoms. The van der Waals surface area contributed by atoms with Crippen LogP contribution >= 0.6 is 15.9 Å². The summed E-state index contributed by atoms with van der Waals surface area (Å²) in [7, 11) is 0. The molecule has 1 heterocycles. The molecule has 0 bridgehead atoms. The summed E-state index contributed by atoms with van der Waals surface area (Å²) in [6.45, 7) is 1.87. The fourth-order valence-corrected chi connectivity index (χ4v) is 1.84. The second-order valence-corrected chi connectivity index (χ2v) is 4.35. The number of pyridine rings is 1. The maximum absolute atomic E-state index is 11.7. The molecule has 2 N–H and O–H groups in total. The van der Waals surface area contributed by atoms with Crippen LogP contribution in [0.25, 0.3) is 10.9 Å². The molecule has 0 saturated heterocycles. The molecule has 2 aromatic rings. The Labute approximate surface area is 99.0 Å². The average Bonchev–Trinajstić information content (AvgIpc) is 2.20. The molecule has 0 saturated carbocycles. The predicted molar refractivity (Wildman–Crippen MR) is 64.0 cm³/mol. The van der Waals surface area contributed by atoms with Gasteiger partial charge in [0, 0.05) is 15.9 Å². The molecule has 0 unspecified atom stereocenters. The molecular formula is C11H8BrNO3. The summed E-state index contributed by atoms with van der Waals surface area (Å²) in [6, 6.07) is 4.52. The number of rotatable bonds is 1. The highest BCUT2D eigenvalue weighted by Crippen LogP contribution is 2.20. The van der Waals surface area contributed by atoms with Crippen LogP contribution in [-0.2, 0) is 0 Å². The largest absolute Gasteiger partial charge is 0.477 e. The van der Waals surface area contributed by atoms with Gasteiger partial charge in [0.05, 0.1) is 5.52 Å². The van der Waals surface area contributed by atoms with Gasteiger partial charge in [-0.15, -0.1) is 0 Å². The Balaban J connectivity index is 2.88. The molecule has 0 atom stereocenters. The number of aromatic carboxylic acids is 1. The molecule has 82 valence electrons. The van der Waals surface area contributed by atoms with Crippen LogP contribution in [0.5, 0.6) is 0 Å². The van der Waals surface area contributed by atoms with Crippen LogP contribution in [0.15, 0.2) is 27.5 Å². The number of aromatic amines is 1. The number of aromatic nitrogens is 1. The van der Waals surface area contributed by atoms with Crippen molar-refractivity contribution in [3.05, 3.63) is 44.2 Å². The normalized spacial score (nSPS) is 10.6. The molecule has 0 aliphatic heterocycles. The van der Waals surface area contributed by atoms with E-state index in [2.05, 4.69) is 20.9 Å². The molecule has 0 radical (unpaired) electrons. The number of fused-ring (bicyclic) bond motifs is 1. The topological polar surface area (TPSA) is 70.2 Å². The van der Waals surface area contributed by atoms with E-state index in [-0.39, 0.29) is 11.1 Å². The van der Waals surface area contributed by atoms with E-state index >= 15 is 0 Å². The molecule has 2 rings (SSSR count). The summed E-state index contributed by atoms with van der Waals surface area (Å²) in [6.07, 6.45) is 0. The third kappa shape index (κ3) is 1.74. The van der Waals surface area contributed by atoms with Gasteiger partial charge < -0.3 is 10.1 Å². The molecule has 0 fully saturated rings. The van der Waals surface area contributed by atoms with Crippen molar-refractivity contribution < 1.29 is 9.90 Å². The van der Waals surface area contributed by atoms with Crippen LogP contribution in [0.2, 0.25) is 0 Å². The smallest absolute Gasteiger partial charge is 0.352 e. The van der Waals surface area contributed by atoms with Crippen LogP contribution in [0.3, 0.4) is 0 Å². The van der Waals surface area contributed by atoms with Crippen molar-refractivity contribution in [3.63, 3.8) is 0 Å². The Kier molecular flexibility index (Phi) is 2.55. The van der Waals surface area contributed by atoms with Gasteiger partial charge in [0.1, 0.15) is 5.69 Å². The fraction of sp³-hybridized carbons (Fsp3) is 0.0909. The van der Waals surface area contributed by atoms with E-state index in [1.165, 1.54) is 0 Å². The highest BCUT2D eigenvalue weighted by molar-refractivity contribution is 9.10. The van der Waals surface area contributed by atoms with Crippen molar-refractivity contribution in [2.24, 2.45) is 0 Å². The van der Waals surface area contributed by atoms with Crippen molar-refractivity contribution in [2.45, 2.75) is 6.92 Å². The molecule has 4 nitrogen and oxygen atoms in total. The summed E-state index contributed by atoms with van der Waals surface area (Å²) in [5.41, 5.74) is 1.07. The van der Waals surface area contributed by atoms with Gasteiger partial charge >= 0.3 is 5.97 Å². The van der Waals surface area contributed by atoms with Gasteiger partial charge in [-0.25, -0.2) is 4.79 Å². The highest BCUT2D eigenvalue weighted by atomic mass is 79.9. The Bertz CT molecular complexity index is 645. The van der Waals surface area contributed by atoms with Gasteiger partial charge in [-0.3, -0.25) is 4.79 Å². The summed E-state index contributed by atoms with van der Waals surface area (Å²) in [5.74, 6) is -1.14. The van der Waals surface area contributed by atoms with Crippen LogP contribution in [0.4, 0.5) is 0 Å². The molecule has 0 spiro atoms. The summed E-state index contributed by atoms with van der Waals surface area (Å²) in [5, 5.41) is 9.29. The number of benzene rings is 1. The summed E-state index contributed by atoms with van der Waals surface area (Å²) in [4.78, 5) is 25.1. The van der Waals surface area contributed by atoms with Crippen LogP contribution in [-0.4, -0.2) is 16.1 Å². The first kappa shape index (κ1) is 10.9. The third-order valence-electron chi connectivity index (χ3n) is 2.34. The maximum atomic E-state index is 11.7. The Morgan fingerprint density at radius 2 is 2.06 bits per heavy atom. The number of carbonyl (C=O) groups is 1. The van der Waals surface area contributed by atoms with E-state index < -0.39 is 5.97 Å². The SMILES string of the molecule is Cc1cc2[nH]c(C(=O)O)cc(=O)c2cc1Br. The van der Waals surface area contributed by atoms with E-state index in [0.29, 0.717) is 10.9 Å². The lowest BCUT2D eigenvalue weighted by molar-refractivity contribution is 0.0691. The summed E-state index contributed by atoms with van der Waals surface area (Å²) < 4.78 is 0.827. The molecule has 1 aromatic heterocycles. The van der Waals surface area contributed by atoms with Gasteiger partial charge in [-0.2, -0.15) is 0 Å². The molecule has 0 amide bonds. The average molecular weight is 282 g/mol. The number of carboxylic acid groups (broad SMARTS) is 1. The van der Waals surface area contributed by atoms with Crippen LogP contribution in [0.1, 0.15) is 16.1 Å². The minimum atomic E-state index is -1.14. The predicted octanol–water partition coefficient (Wildman–Crippen LogP) is 2.30. The van der Waals surface area contributed by atoms with E-state index in [1.54, 1.807) is 12.1 Å². The lowest BCUT2D eigenvalue weighted by atomic mass is 10.1. The lowest BCUT2D eigenvalue weighted by Gasteiger charge is -2.03. The van der Waals surface area contributed by atoms with E-state index in [4.69, 9.17) is 5.11 Å². The molecule has 1 aromatic carbocycles. The molecule has 5 heteroatoms. The highest BCUT2D eigenvalue weighted by Gasteiger charge is 2.08. The first-order chi connectivity index (χ1) is 7.49. The Morgan fingerprint density at radius 1 is 1.38 bits per heavy atom. The van der Waals surface area contributed by atoms with Gasteiger partial charge in [0.2, 0.25) is 0 Å². The maximum Gasteiger partial charge on any atom is 0.352 e. The second-order valence-electron chi connectivity index (χ2n) is 3.50. The third-order valence-corrected chi connectivity index (χ3v) is 3.19. The molecule has 0 aliphatic carbocycles. The number of H-pyrrole nitrogens is 1. The van der Waals surface area contributed by atoms with Crippen molar-refractivity contribution in [3.8, 4) is 0 Å². The number of nitrogens with one attached hydrogen (secondary N) is 1. The van der Waals surface area contributed by atoms with Crippen molar-refractivity contribution in [2.75, 3.05) is 0 Å². The fourth-order valence-electron chi connectivity index (χ4n) is 1.49. The first-order valence-electron chi connectivity index (χ1n) is 4.55. The molecular weight excluding hydrogens is 274 g/mol. The Hall–Kier alpha value is -1.62. The zero-order valence-corrected chi connectivity index (χ0v) is 9.96. The minimum absolute atomic E-state index is 0.0979. The van der Waals surface area contributed by atoms with E-state index in [1.807, 2.05) is 6.92 Å². The number of halogens is 1. The van der Waals surface area contributed by atoms with Crippen LogP contribution < -0.4 is 5.43 Å². The number of carboxylic acids is 1. The van der Waals surface area contributed by atoms with E-state index in [9.17, 15) is 9.59 Å². The van der Waals surface area contributed by atoms with Gasteiger partial charge in [-0.05, 0) is 24.6 Å². The molecule has 0 aliphatic rings. The number of aryl methyl sites for hydroxylation is 1. The van der Waals surface area contributed by atoms with Crippen molar-refractivity contribution >= 4 is 32.8 Å². The zero-order chi connectivity index (χ0) is 11.9. The number of hydrogen-bond acceptors (Lipinski definition) is 2. The van der Waals surface area contributed by atoms with Crippen molar-refractivity contribution in [1.82, 2.24) is 4.98 Å². The number of hydrogen-bond donors (Lipinski definition) is 2. The Morgan fingerprint density at radius 3 is 2.69 bits per heavy atom. The van der Waals surface area contributed by atoms with Gasteiger partial charge in [0.25, 0.3) is 0 Å². The lowest BCUT2D eigenvalue weighted by Crippen LogP contribution is -2.09. The van der Waals surface area contributed by atoms with Gasteiger partial charge in [-0.1, -0.05) is 15.9 Å². The van der Waals surface area contributed by atoms with Gasteiger partial charge in [0.15, 0.2) is 5.43 Å². The quantitative estimate of drug-likeness (QED) is 0.843. The zero-order valence-electron chi connectivity index (χ0n) is 8.37. The van der Waals surface area contributed by atoms with Crippen molar-refractivity contribution in [1.29, 1.82) is 0 Å². The first-order valence-corrected chi connectivity index (χ1v) is 5.35. The summed E-state index contributed by atoms with van der Waals surface area (Å²) >= 11 is 3.33.